The highest BCUT2D eigenvalue weighted by Crippen LogP contribution is 2.24. The topological polar surface area (TPSA) is 60.9 Å². The molecule has 134 valence electrons. The number of likely N-dealkylation sites (N-methyl/N-ethyl adjacent to an activating group) is 1. The molecule has 1 heterocycles. The molecule has 0 unspecified atom stereocenters. The molecule has 1 fully saturated rings. The van der Waals surface area contributed by atoms with E-state index in [1.807, 2.05) is 39.1 Å². The van der Waals surface area contributed by atoms with Crippen molar-refractivity contribution in [2.24, 2.45) is 0 Å². The van der Waals surface area contributed by atoms with Gasteiger partial charge in [0.05, 0.1) is 11.9 Å². The summed E-state index contributed by atoms with van der Waals surface area (Å²) in [6.45, 7) is 8.38. The number of aryl methyl sites for hydroxylation is 2. The molecule has 2 rings (SSSR count). The van der Waals surface area contributed by atoms with Crippen LogP contribution < -0.4 is 4.31 Å². The number of benzene rings is 1. The van der Waals surface area contributed by atoms with Gasteiger partial charge in [0.25, 0.3) is 0 Å². The Morgan fingerprint density at radius 1 is 1.08 bits per heavy atom. The molecule has 0 bridgehead atoms. The molecule has 1 aliphatic rings. The monoisotopic (exact) mass is 353 g/mol. The molecular formula is C17H27N3O3S. The number of nitrogens with zero attached hydrogens (tertiary/aromatic N) is 3. The van der Waals surface area contributed by atoms with Gasteiger partial charge in [0.15, 0.2) is 0 Å². The number of anilines is 1. The maximum Gasteiger partial charge on any atom is 0.246 e. The van der Waals surface area contributed by atoms with Crippen molar-refractivity contribution in [2.75, 3.05) is 43.8 Å². The van der Waals surface area contributed by atoms with E-state index in [2.05, 4.69) is 4.90 Å². The van der Waals surface area contributed by atoms with E-state index >= 15 is 0 Å². The van der Waals surface area contributed by atoms with E-state index in [-0.39, 0.29) is 5.91 Å². The van der Waals surface area contributed by atoms with Crippen LogP contribution in [0.15, 0.2) is 18.2 Å². The molecule has 1 aliphatic heterocycles. The fourth-order valence-corrected chi connectivity index (χ4v) is 4.32. The summed E-state index contributed by atoms with van der Waals surface area (Å²) in [4.78, 5) is 16.8. The largest absolute Gasteiger partial charge is 0.338 e. The number of hydrogen-bond donors (Lipinski definition) is 0. The Balaban J connectivity index is 2.32. The second kappa shape index (κ2) is 7.11. The van der Waals surface area contributed by atoms with Gasteiger partial charge < -0.3 is 9.80 Å². The molecule has 6 nitrogen and oxygen atoms in total. The molecule has 1 amide bonds. The lowest BCUT2D eigenvalue weighted by Crippen LogP contribution is -2.54. The Morgan fingerprint density at radius 3 is 2.04 bits per heavy atom. The summed E-state index contributed by atoms with van der Waals surface area (Å²) in [5, 5.41) is 0. The molecule has 0 aliphatic carbocycles. The van der Waals surface area contributed by atoms with E-state index in [9.17, 15) is 13.2 Å². The number of carbonyl (C=O) groups excluding carboxylic acids is 1. The van der Waals surface area contributed by atoms with Crippen LogP contribution in [0.5, 0.6) is 0 Å². The summed E-state index contributed by atoms with van der Waals surface area (Å²) in [5.41, 5.74) is 2.49. The lowest BCUT2D eigenvalue weighted by Gasteiger charge is -2.37. The predicted octanol–water partition coefficient (Wildman–Crippen LogP) is 1.23. The smallest absolute Gasteiger partial charge is 0.246 e. The van der Waals surface area contributed by atoms with Crippen molar-refractivity contribution in [2.45, 2.75) is 26.8 Å². The van der Waals surface area contributed by atoms with Gasteiger partial charge in [-0.15, -0.1) is 0 Å². The first-order valence-corrected chi connectivity index (χ1v) is 9.99. The second-order valence-electron chi connectivity index (χ2n) is 6.71. The van der Waals surface area contributed by atoms with E-state index in [0.717, 1.165) is 30.5 Å². The normalized spacial score (nSPS) is 17.6. The minimum absolute atomic E-state index is 0.146. The standard InChI is InChI=1S/C17H27N3O3S/c1-13-10-14(2)12-16(11-13)20(24(5,22)23)15(3)17(21)19-8-6-18(4)7-9-19/h10-12,15H,6-9H2,1-5H3/t15-/m1/s1. The molecule has 24 heavy (non-hydrogen) atoms. The molecule has 1 aromatic carbocycles. The molecule has 0 aromatic heterocycles. The van der Waals surface area contributed by atoms with Crippen molar-refractivity contribution in [3.63, 3.8) is 0 Å². The van der Waals surface area contributed by atoms with E-state index < -0.39 is 16.1 Å². The van der Waals surface area contributed by atoms with Crippen LogP contribution in [0.1, 0.15) is 18.1 Å². The van der Waals surface area contributed by atoms with Gasteiger partial charge in [0.2, 0.25) is 15.9 Å². The van der Waals surface area contributed by atoms with Crippen LogP contribution in [0, 0.1) is 13.8 Å². The Kier molecular flexibility index (Phi) is 5.55. The number of piperazine rings is 1. The van der Waals surface area contributed by atoms with Gasteiger partial charge in [-0.3, -0.25) is 9.10 Å². The van der Waals surface area contributed by atoms with Crippen molar-refractivity contribution in [1.82, 2.24) is 9.80 Å². The highest BCUT2D eigenvalue weighted by molar-refractivity contribution is 7.92. The van der Waals surface area contributed by atoms with Gasteiger partial charge >= 0.3 is 0 Å². The Bertz CT molecular complexity index is 690. The van der Waals surface area contributed by atoms with Gasteiger partial charge in [-0.2, -0.15) is 0 Å². The Hall–Kier alpha value is -1.60. The summed E-state index contributed by atoms with van der Waals surface area (Å²) < 4.78 is 26.0. The Labute approximate surface area is 145 Å². The minimum Gasteiger partial charge on any atom is -0.338 e. The number of carbonyl (C=O) groups is 1. The molecule has 0 spiro atoms. The number of amides is 1. The van der Waals surface area contributed by atoms with Crippen LogP contribution in [-0.2, 0) is 14.8 Å². The van der Waals surface area contributed by atoms with Crippen molar-refractivity contribution in [3.8, 4) is 0 Å². The van der Waals surface area contributed by atoms with Crippen molar-refractivity contribution in [3.05, 3.63) is 29.3 Å². The van der Waals surface area contributed by atoms with Gasteiger partial charge in [0.1, 0.15) is 6.04 Å². The van der Waals surface area contributed by atoms with Crippen molar-refractivity contribution in [1.29, 1.82) is 0 Å². The molecule has 1 atom stereocenters. The molecule has 1 saturated heterocycles. The first-order chi connectivity index (χ1) is 11.1. The molecule has 0 radical (unpaired) electrons. The third kappa shape index (κ3) is 4.27. The summed E-state index contributed by atoms with van der Waals surface area (Å²) in [6.07, 6.45) is 1.15. The van der Waals surface area contributed by atoms with E-state index in [1.165, 1.54) is 4.31 Å². The predicted molar refractivity (Wildman–Crippen MR) is 96.8 cm³/mol. The average molecular weight is 353 g/mol. The first-order valence-electron chi connectivity index (χ1n) is 8.14. The number of sulfonamides is 1. The van der Waals surface area contributed by atoms with Gasteiger partial charge in [-0.1, -0.05) is 6.07 Å². The highest BCUT2D eigenvalue weighted by Gasteiger charge is 2.33. The quantitative estimate of drug-likeness (QED) is 0.817. The van der Waals surface area contributed by atoms with E-state index in [1.54, 1.807) is 11.8 Å². The minimum atomic E-state index is -3.57. The van der Waals surface area contributed by atoms with Crippen molar-refractivity contribution < 1.29 is 13.2 Å². The second-order valence-corrected chi connectivity index (χ2v) is 8.57. The van der Waals surface area contributed by atoms with Crippen LogP contribution in [0.4, 0.5) is 5.69 Å². The molecule has 1 aromatic rings. The van der Waals surface area contributed by atoms with E-state index in [0.29, 0.717) is 18.8 Å². The highest BCUT2D eigenvalue weighted by atomic mass is 32.2. The van der Waals surface area contributed by atoms with Crippen LogP contribution in [0.25, 0.3) is 0 Å². The zero-order chi connectivity index (χ0) is 18.1. The summed E-state index contributed by atoms with van der Waals surface area (Å²) in [6, 6.07) is 4.84. The number of rotatable bonds is 4. The molecule has 0 N–H and O–H groups in total. The average Bonchev–Trinajstić information content (AvgIpc) is 2.44. The van der Waals surface area contributed by atoms with Crippen LogP contribution >= 0.6 is 0 Å². The zero-order valence-corrected chi connectivity index (χ0v) is 15.9. The summed E-state index contributed by atoms with van der Waals surface area (Å²) in [7, 11) is -1.55. The third-order valence-corrected chi connectivity index (χ3v) is 5.58. The zero-order valence-electron chi connectivity index (χ0n) is 15.1. The third-order valence-electron chi connectivity index (χ3n) is 4.34. The maximum absolute atomic E-state index is 12.8. The Morgan fingerprint density at radius 2 is 1.58 bits per heavy atom. The summed E-state index contributed by atoms with van der Waals surface area (Å²) >= 11 is 0. The van der Waals surface area contributed by atoms with Crippen molar-refractivity contribution >= 4 is 21.6 Å². The molecular weight excluding hydrogens is 326 g/mol. The van der Waals surface area contributed by atoms with E-state index in [4.69, 9.17) is 0 Å². The van der Waals surface area contributed by atoms with Gasteiger partial charge in [-0.05, 0) is 51.1 Å². The number of hydrogen-bond acceptors (Lipinski definition) is 4. The van der Waals surface area contributed by atoms with Gasteiger partial charge in [-0.25, -0.2) is 8.42 Å². The van der Waals surface area contributed by atoms with Crippen LogP contribution in [0.3, 0.4) is 0 Å². The fraction of sp³-hybridized carbons (Fsp3) is 0.588. The van der Waals surface area contributed by atoms with Gasteiger partial charge in [0, 0.05) is 26.2 Å². The molecule has 0 saturated carbocycles. The van der Waals surface area contributed by atoms with Crippen LogP contribution in [-0.4, -0.2) is 69.6 Å². The summed E-state index contributed by atoms with van der Waals surface area (Å²) in [5.74, 6) is -0.146. The fourth-order valence-electron chi connectivity index (χ4n) is 3.17. The maximum atomic E-state index is 12.8. The van der Waals surface area contributed by atoms with Crippen LogP contribution in [0.2, 0.25) is 0 Å². The first kappa shape index (κ1) is 18.7. The molecule has 7 heteroatoms. The lowest BCUT2D eigenvalue weighted by atomic mass is 10.1. The lowest BCUT2D eigenvalue weighted by molar-refractivity contribution is -0.133. The SMILES string of the molecule is Cc1cc(C)cc(N([C@H](C)C(=O)N2CCN(C)CC2)S(C)(=O)=O)c1.